The van der Waals surface area contributed by atoms with Crippen LogP contribution >= 0.6 is 0 Å². The van der Waals surface area contributed by atoms with Gasteiger partial charge in [-0.25, -0.2) is 9.78 Å². The highest BCUT2D eigenvalue weighted by atomic mass is 16.5. The third kappa shape index (κ3) is 3.63. The fraction of sp³-hybridized carbons (Fsp3) is 0.208. The molecule has 5 nitrogen and oxygen atoms in total. The number of hydrogen-bond acceptors (Lipinski definition) is 4. The maximum atomic E-state index is 13.0. The molecule has 0 bridgehead atoms. The number of allylic oxidation sites excluding steroid dienone is 1. The molecule has 146 valence electrons. The third-order valence-corrected chi connectivity index (χ3v) is 5.25. The first-order valence-corrected chi connectivity index (χ1v) is 9.63. The molecule has 0 fully saturated rings. The third-order valence-electron chi connectivity index (χ3n) is 5.25. The number of carbonyl (C=O) groups is 2. The highest BCUT2D eigenvalue weighted by molar-refractivity contribution is 6.07. The van der Waals surface area contributed by atoms with Gasteiger partial charge < -0.3 is 10.5 Å². The lowest BCUT2D eigenvalue weighted by Gasteiger charge is -2.14. The summed E-state index contributed by atoms with van der Waals surface area (Å²) in [6.07, 6.45) is 2.61. The molecule has 3 aromatic rings. The largest absolute Gasteiger partial charge is 0.449 e. The SMILES string of the molecule is Cc1ccc(/C=C2\CCc3c2nc2ccccc2c3C(=O)O[C@@H](C)C(N)=O)cc1. The second-order valence-corrected chi connectivity index (χ2v) is 7.36. The number of rotatable bonds is 4. The van der Waals surface area contributed by atoms with Gasteiger partial charge in [-0.2, -0.15) is 0 Å². The summed E-state index contributed by atoms with van der Waals surface area (Å²) >= 11 is 0. The number of esters is 1. The van der Waals surface area contributed by atoms with Crippen LogP contribution in [0, 0.1) is 6.92 Å². The van der Waals surface area contributed by atoms with Crippen molar-refractivity contribution >= 4 is 34.4 Å². The minimum atomic E-state index is -0.992. The average Bonchev–Trinajstić information content (AvgIpc) is 3.09. The molecule has 2 N–H and O–H groups in total. The highest BCUT2D eigenvalue weighted by Gasteiger charge is 2.29. The molecule has 1 aliphatic rings. The van der Waals surface area contributed by atoms with Crippen LogP contribution in [0.25, 0.3) is 22.6 Å². The predicted molar refractivity (Wildman–Crippen MR) is 113 cm³/mol. The number of benzene rings is 2. The standard InChI is InChI=1S/C24H22N2O3/c1-14-7-9-16(10-8-14)13-17-11-12-19-21(24(28)29-15(2)23(25)27)18-5-3-4-6-20(18)26-22(17)19/h3-10,13,15H,11-12H2,1-2H3,(H2,25,27)/b17-13+/t15-/m0/s1. The first kappa shape index (κ1) is 18.9. The van der Waals surface area contributed by atoms with Gasteiger partial charge in [0, 0.05) is 5.39 Å². The number of primary amides is 1. The Labute approximate surface area is 169 Å². The lowest BCUT2D eigenvalue weighted by Crippen LogP contribution is -2.30. The van der Waals surface area contributed by atoms with Crippen LogP contribution in [0.1, 0.15) is 46.1 Å². The Balaban J connectivity index is 1.84. The zero-order valence-electron chi connectivity index (χ0n) is 16.4. The molecule has 1 heterocycles. The zero-order chi connectivity index (χ0) is 20.5. The van der Waals surface area contributed by atoms with Crippen molar-refractivity contribution in [1.29, 1.82) is 0 Å². The number of para-hydroxylation sites is 1. The number of pyridine rings is 1. The van der Waals surface area contributed by atoms with E-state index in [-0.39, 0.29) is 0 Å². The van der Waals surface area contributed by atoms with Crippen LogP contribution < -0.4 is 5.73 Å². The van der Waals surface area contributed by atoms with E-state index in [2.05, 4.69) is 37.3 Å². The van der Waals surface area contributed by atoms with Crippen molar-refractivity contribution in [3.05, 3.63) is 76.5 Å². The molecule has 1 amide bonds. The van der Waals surface area contributed by atoms with Gasteiger partial charge in [-0.05, 0) is 55.5 Å². The minimum Gasteiger partial charge on any atom is -0.449 e. The number of nitrogens with two attached hydrogens (primary N) is 1. The van der Waals surface area contributed by atoms with Crippen molar-refractivity contribution in [2.45, 2.75) is 32.8 Å². The van der Waals surface area contributed by atoms with Gasteiger partial charge in [0.05, 0.1) is 16.8 Å². The summed E-state index contributed by atoms with van der Waals surface area (Å²) < 4.78 is 5.34. The molecule has 0 aliphatic heterocycles. The first-order chi connectivity index (χ1) is 13.9. The Kier molecular flexibility index (Phi) is 4.89. The van der Waals surface area contributed by atoms with Gasteiger partial charge in [-0.1, -0.05) is 48.0 Å². The lowest BCUT2D eigenvalue weighted by molar-refractivity contribution is -0.125. The predicted octanol–water partition coefficient (Wildman–Crippen LogP) is 4.06. The van der Waals surface area contributed by atoms with Crippen LogP contribution in [0.2, 0.25) is 0 Å². The van der Waals surface area contributed by atoms with Gasteiger partial charge in [-0.3, -0.25) is 4.79 Å². The molecule has 0 saturated heterocycles. The van der Waals surface area contributed by atoms with Gasteiger partial charge in [0.25, 0.3) is 5.91 Å². The summed E-state index contributed by atoms with van der Waals surface area (Å²) in [4.78, 5) is 29.2. The van der Waals surface area contributed by atoms with Crippen LogP contribution in [-0.4, -0.2) is 23.0 Å². The summed E-state index contributed by atoms with van der Waals surface area (Å²) in [5.74, 6) is -1.21. The maximum Gasteiger partial charge on any atom is 0.339 e. The van der Waals surface area contributed by atoms with E-state index >= 15 is 0 Å². The van der Waals surface area contributed by atoms with Crippen LogP contribution in [0.3, 0.4) is 0 Å². The number of aryl methyl sites for hydroxylation is 1. The number of carbonyl (C=O) groups excluding carboxylic acids is 2. The number of amides is 1. The Morgan fingerprint density at radius 3 is 2.55 bits per heavy atom. The summed E-state index contributed by atoms with van der Waals surface area (Å²) in [7, 11) is 0. The summed E-state index contributed by atoms with van der Waals surface area (Å²) in [5.41, 5.74) is 11.5. The number of ether oxygens (including phenoxy) is 1. The fourth-order valence-electron chi connectivity index (χ4n) is 3.65. The molecular formula is C24H22N2O3. The van der Waals surface area contributed by atoms with E-state index in [1.807, 2.05) is 24.3 Å². The van der Waals surface area contributed by atoms with Crippen molar-refractivity contribution in [2.24, 2.45) is 5.73 Å². The van der Waals surface area contributed by atoms with Crippen molar-refractivity contribution in [3.63, 3.8) is 0 Å². The van der Waals surface area contributed by atoms with Gasteiger partial charge in [0.15, 0.2) is 6.10 Å². The average molecular weight is 386 g/mol. The van der Waals surface area contributed by atoms with E-state index in [0.29, 0.717) is 12.0 Å². The van der Waals surface area contributed by atoms with E-state index in [0.717, 1.165) is 39.7 Å². The second kappa shape index (κ2) is 7.51. The van der Waals surface area contributed by atoms with Crippen molar-refractivity contribution < 1.29 is 14.3 Å². The molecule has 4 rings (SSSR count). The number of fused-ring (bicyclic) bond motifs is 2. The van der Waals surface area contributed by atoms with Crippen molar-refractivity contribution in [3.8, 4) is 0 Å². The number of nitrogens with zero attached hydrogens (tertiary/aromatic N) is 1. The Hall–Kier alpha value is -3.47. The van der Waals surface area contributed by atoms with E-state index < -0.39 is 18.0 Å². The summed E-state index contributed by atoms with van der Waals surface area (Å²) in [6.45, 7) is 3.53. The normalized spacial score (nSPS) is 15.3. The van der Waals surface area contributed by atoms with Gasteiger partial charge in [0.2, 0.25) is 0 Å². The molecule has 0 radical (unpaired) electrons. The fourth-order valence-corrected chi connectivity index (χ4v) is 3.65. The van der Waals surface area contributed by atoms with Crippen LogP contribution in [-0.2, 0) is 16.0 Å². The summed E-state index contributed by atoms with van der Waals surface area (Å²) in [6, 6.07) is 15.8. The maximum absolute atomic E-state index is 13.0. The molecule has 2 aromatic carbocycles. The Morgan fingerprint density at radius 2 is 1.83 bits per heavy atom. The molecule has 1 aromatic heterocycles. The topological polar surface area (TPSA) is 82.3 Å². The number of aromatic nitrogens is 1. The molecule has 0 saturated carbocycles. The van der Waals surface area contributed by atoms with E-state index in [4.69, 9.17) is 15.5 Å². The quantitative estimate of drug-likeness (QED) is 0.686. The molecule has 1 atom stereocenters. The van der Waals surface area contributed by atoms with E-state index in [1.54, 1.807) is 0 Å². The van der Waals surface area contributed by atoms with Crippen LogP contribution in [0.15, 0.2) is 48.5 Å². The monoisotopic (exact) mass is 386 g/mol. The molecule has 5 heteroatoms. The van der Waals surface area contributed by atoms with Crippen LogP contribution in [0.5, 0.6) is 0 Å². The first-order valence-electron chi connectivity index (χ1n) is 9.63. The number of hydrogen-bond donors (Lipinski definition) is 1. The molecule has 29 heavy (non-hydrogen) atoms. The summed E-state index contributed by atoms with van der Waals surface area (Å²) in [5, 5.41) is 0.726. The van der Waals surface area contributed by atoms with E-state index in [9.17, 15) is 9.59 Å². The zero-order valence-corrected chi connectivity index (χ0v) is 16.4. The lowest BCUT2D eigenvalue weighted by atomic mass is 10.0. The van der Waals surface area contributed by atoms with Gasteiger partial charge >= 0.3 is 5.97 Å². The molecular weight excluding hydrogens is 364 g/mol. The van der Waals surface area contributed by atoms with E-state index in [1.165, 1.54) is 12.5 Å². The molecule has 0 spiro atoms. The Morgan fingerprint density at radius 1 is 1.10 bits per heavy atom. The Bertz CT molecular complexity index is 1150. The van der Waals surface area contributed by atoms with Crippen molar-refractivity contribution in [1.82, 2.24) is 4.98 Å². The molecule has 1 aliphatic carbocycles. The van der Waals surface area contributed by atoms with Crippen LogP contribution in [0.4, 0.5) is 0 Å². The van der Waals surface area contributed by atoms with Gasteiger partial charge in [0.1, 0.15) is 0 Å². The smallest absolute Gasteiger partial charge is 0.339 e. The van der Waals surface area contributed by atoms with Gasteiger partial charge in [-0.15, -0.1) is 0 Å². The highest BCUT2D eigenvalue weighted by Crippen LogP contribution is 2.37. The van der Waals surface area contributed by atoms with Crippen molar-refractivity contribution in [2.75, 3.05) is 0 Å². The molecule has 0 unspecified atom stereocenters. The minimum absolute atomic E-state index is 0.478. The second-order valence-electron chi connectivity index (χ2n) is 7.36.